The van der Waals surface area contributed by atoms with E-state index in [4.69, 9.17) is 84.2 Å². The van der Waals surface area contributed by atoms with E-state index >= 15 is 0 Å². The number of hydrogen-bond acceptors (Lipinski definition) is 37. The fourth-order valence-electron chi connectivity index (χ4n) is 23.9. The second kappa shape index (κ2) is 40.7. The maximum Gasteiger partial charge on any atom is 0.344 e. The number of fused-ring (bicyclic) bond motifs is 4. The summed E-state index contributed by atoms with van der Waals surface area (Å²) in [7, 11) is -7.11. The average Bonchev–Trinajstić information content (AvgIpc) is 1.62. The van der Waals surface area contributed by atoms with Gasteiger partial charge in [-0.3, -0.25) is 46.7 Å². The first-order valence-electron chi connectivity index (χ1n) is 47.0. The molecule has 0 amide bonds. The molecule has 0 aromatic carbocycles. The van der Waals surface area contributed by atoms with E-state index in [0.29, 0.717) is 98.5 Å². The third-order valence-electron chi connectivity index (χ3n) is 30.5. The van der Waals surface area contributed by atoms with Crippen LogP contribution in [-0.4, -0.2) is 246 Å². The van der Waals surface area contributed by atoms with Crippen LogP contribution in [0.15, 0.2) is 48.6 Å². The van der Waals surface area contributed by atoms with Crippen molar-refractivity contribution in [2.45, 2.75) is 331 Å². The molecular weight excluding hydrogens is 1800 g/mol. The summed E-state index contributed by atoms with van der Waals surface area (Å²) >= 11 is 0. The molecule has 8 saturated heterocycles. The Kier molecular flexibility index (Phi) is 31.2. The molecule has 12 saturated carbocycles. The molecule has 134 heavy (non-hydrogen) atoms. The third-order valence-corrected chi connectivity index (χ3v) is 34.0. The third kappa shape index (κ3) is 22.3. The first kappa shape index (κ1) is 103. The van der Waals surface area contributed by atoms with Crippen LogP contribution in [0, 0.1) is 87.8 Å². The minimum atomic E-state index is -3.56. The zero-order chi connectivity index (χ0) is 97.7. The molecule has 8 aliphatic heterocycles. The van der Waals surface area contributed by atoms with Gasteiger partial charge in [-0.25, -0.2) is 28.8 Å². The summed E-state index contributed by atoms with van der Waals surface area (Å²) in [4.78, 5) is 164. The monoisotopic (exact) mass is 1930 g/mol. The molecule has 12 aliphatic carbocycles. The zero-order valence-electron chi connectivity index (χ0n) is 78.4. The maximum atomic E-state index is 12.1. The maximum absolute atomic E-state index is 12.1. The van der Waals surface area contributed by atoms with Crippen molar-refractivity contribution in [2.75, 3.05) is 39.6 Å². The van der Waals surface area contributed by atoms with Gasteiger partial charge in [-0.15, -0.1) is 0 Å². The largest absolute Gasteiger partial charge is 0.462 e. The molecule has 20 fully saturated rings. The van der Waals surface area contributed by atoms with Gasteiger partial charge in [0.05, 0.1) is 76.7 Å². The molecule has 16 bridgehead atoms. The van der Waals surface area contributed by atoms with Crippen molar-refractivity contribution in [3.05, 3.63) is 48.6 Å². The quantitative estimate of drug-likeness (QED) is 0.0224. The molecule has 8 heterocycles. The van der Waals surface area contributed by atoms with Crippen LogP contribution in [0.2, 0.25) is 0 Å². The Bertz CT molecular complexity index is 4800. The minimum absolute atomic E-state index is 0.00904. The summed E-state index contributed by atoms with van der Waals surface area (Å²) < 4.78 is 142. The summed E-state index contributed by atoms with van der Waals surface area (Å²) in [6.07, 6.45) is 9.99. The molecule has 1 N–H and O–H groups in total. The van der Waals surface area contributed by atoms with Gasteiger partial charge in [0.15, 0.2) is 37.6 Å². The number of ether oxygens (including phenoxy) is 16. The van der Waals surface area contributed by atoms with E-state index in [1.165, 1.54) is 52.4 Å². The number of carbonyl (C=O) groups excluding carboxylic acids is 14. The summed E-state index contributed by atoms with van der Waals surface area (Å²) in [5.41, 5.74) is -0.956. The average molecular weight is 1930 g/mol. The van der Waals surface area contributed by atoms with Crippen LogP contribution >= 0.6 is 0 Å². The fraction of sp³-hybridized carbons (Fsp3) is 0.768. The van der Waals surface area contributed by atoms with E-state index in [1.807, 2.05) is 13.8 Å². The van der Waals surface area contributed by atoms with E-state index in [-0.39, 0.29) is 159 Å². The Hall–Kier alpha value is -8.76. The lowest BCUT2D eigenvalue weighted by atomic mass is 9.47. The Morgan fingerprint density at radius 2 is 0.799 bits per heavy atom. The molecule has 20 aliphatic rings. The highest BCUT2D eigenvalue weighted by molar-refractivity contribution is 7.88. The van der Waals surface area contributed by atoms with Gasteiger partial charge in [-0.2, -0.15) is 16.8 Å². The van der Waals surface area contributed by atoms with Crippen molar-refractivity contribution >= 4 is 104 Å². The van der Waals surface area contributed by atoms with Crippen LogP contribution in [0.5, 0.6) is 0 Å². The fourth-order valence-corrected chi connectivity index (χ4v) is 27.6. The van der Waals surface area contributed by atoms with Gasteiger partial charge < -0.3 is 80.9 Å². The molecule has 22 atom stereocenters. The Balaban J connectivity index is 0.000000138. The van der Waals surface area contributed by atoms with E-state index < -0.39 is 169 Å². The predicted octanol–water partition coefficient (Wildman–Crippen LogP) is 8.28. The molecule has 0 aromatic rings. The van der Waals surface area contributed by atoms with Gasteiger partial charge in [0, 0.05) is 52.4 Å². The highest BCUT2D eigenvalue weighted by Gasteiger charge is 2.70. The van der Waals surface area contributed by atoms with E-state index in [0.717, 1.165) is 37.5 Å². The van der Waals surface area contributed by atoms with Crippen molar-refractivity contribution < 1.29 is 173 Å². The van der Waals surface area contributed by atoms with Gasteiger partial charge in [-0.05, 0) is 212 Å². The van der Waals surface area contributed by atoms with Crippen LogP contribution in [0.25, 0.3) is 0 Å². The van der Waals surface area contributed by atoms with Crippen LogP contribution < -0.4 is 0 Å². The topological polar surface area (TPSA) is 494 Å². The number of hydrogen-bond donors (Lipinski definition) is 1. The minimum Gasteiger partial charge on any atom is -0.462 e. The SMILES string of the molecule is C=C(C)C(=O)OC1(C(C)C)C2CC3CC(C2)CC1C3.C=C(C)C(=O)OC12CC3CC(CC(O)(C3)C1)C2.C=C(C)C(=O)OCC(=O)OC1C2CC3C(=O)OC1C3O2.C=C(C)C(=O)OCCOC(=O)CCC(=O)OC1C2CC3C1OS(=O)(=O)C3C2.CCC(C)(C)C(=O)OCC(=O)OC1C2CC3C(=O)OC1C3O2.CCC(C)(C)C(=O)OCCOC(=O)CCC(=O)OC1C2CC3C1OS(=O)(=O)C3C2. The van der Waals surface area contributed by atoms with Crippen LogP contribution in [0.4, 0.5) is 0 Å². The van der Waals surface area contributed by atoms with Crippen LogP contribution in [0.1, 0.15) is 231 Å². The number of esters is 14. The van der Waals surface area contributed by atoms with E-state index in [1.54, 1.807) is 41.5 Å². The van der Waals surface area contributed by atoms with E-state index in [2.05, 4.69) is 40.2 Å². The summed E-state index contributed by atoms with van der Waals surface area (Å²) in [6.45, 7) is 34.6. The molecule has 0 radical (unpaired) electrons. The lowest BCUT2D eigenvalue weighted by molar-refractivity contribution is -0.221. The van der Waals surface area contributed by atoms with Crippen molar-refractivity contribution in [3.63, 3.8) is 0 Å². The highest BCUT2D eigenvalue weighted by atomic mass is 32.2. The standard InChI is InChI=1S/C19H28O9S.C17H22O9S.C17H26O2.C15H20O7.C14H20O3.C13H14O7/c1-4-19(2,3)18(22)26-8-7-25-14(20)5-6-15(21)27-16-11-9-12-13(10-11)29(23,24)28-17(12)16;1-9(2)17(20)24-6-5-23-13(18)3-4-14(19)25-15-10-7-11-12(8-10)27(21,22)26-16(11)15;1-10(2)16(18)19-17(11(3)4)14-6-12-5-13(8-14)9-15(17)7-12;1-4-15(2,3)14(18)19-6-9(16)21-11-8-5-7-10(20-8)12(11)22-13(7)17;1-9(2)12(15)17-14-6-10-3-11(7-14)5-13(16,4-10)8-14;1-5(2)12(15)17-4-8(14)19-10-7-3-6-9(18-7)11(10)20-13(6)16/h11-13,16-17H,4-10H2,1-3H3;10-12,15-16H,1,3-8H2,2H3;11-15H,1,5-9H2,2-4H3;7-8,10-12H,4-6H2,1-3H3;10-11,16H,1,3-8H2,2H3;6-7,9-11H,1,3-4H2,2H3. The smallest absolute Gasteiger partial charge is 0.344 e. The second-order valence-corrected chi connectivity index (χ2v) is 45.0. The molecule has 20 rings (SSSR count). The van der Waals surface area contributed by atoms with Gasteiger partial charge in [0.25, 0.3) is 20.2 Å². The number of carbonyl (C=O) groups is 14. The molecule has 0 spiro atoms. The first-order chi connectivity index (χ1) is 62.9. The Morgan fingerprint density at radius 1 is 0.425 bits per heavy atom. The highest BCUT2D eigenvalue weighted by Crippen LogP contribution is 2.64. The first-order valence-corrected chi connectivity index (χ1v) is 50.0. The van der Waals surface area contributed by atoms with Gasteiger partial charge in [-0.1, -0.05) is 54.0 Å². The van der Waals surface area contributed by atoms with Gasteiger partial charge >= 0.3 is 83.6 Å². The lowest BCUT2D eigenvalue weighted by Crippen LogP contribution is -2.62. The molecule has 39 heteroatoms. The normalized spacial score (nSPS) is 36.7. The van der Waals surface area contributed by atoms with Crippen LogP contribution in [0.3, 0.4) is 0 Å². The molecule has 22 unspecified atom stereocenters. The van der Waals surface area contributed by atoms with Crippen molar-refractivity contribution in [3.8, 4) is 0 Å². The van der Waals surface area contributed by atoms with Crippen molar-refractivity contribution in [2.24, 2.45) is 87.8 Å². The summed E-state index contributed by atoms with van der Waals surface area (Å²) in [6, 6.07) is 0. The molecule has 0 aromatic heterocycles. The zero-order valence-corrected chi connectivity index (χ0v) is 80.0. The van der Waals surface area contributed by atoms with Gasteiger partial charge in [0.2, 0.25) is 0 Å². The molecular formula is C95H130O37S2. The molecule has 744 valence electrons. The van der Waals surface area contributed by atoms with Crippen molar-refractivity contribution in [1.29, 1.82) is 0 Å². The predicted molar refractivity (Wildman–Crippen MR) is 461 cm³/mol. The summed E-state index contributed by atoms with van der Waals surface area (Å²) in [5.74, 6) is -3.05. The van der Waals surface area contributed by atoms with Crippen LogP contribution in [-0.2, 0) is 172 Å². The molecule has 37 nitrogen and oxygen atoms in total. The van der Waals surface area contributed by atoms with Gasteiger partial charge in [0.1, 0.15) is 74.3 Å². The Labute approximate surface area is 780 Å². The Morgan fingerprint density at radius 3 is 1.21 bits per heavy atom. The lowest BCUT2D eigenvalue weighted by Gasteiger charge is -2.61. The number of rotatable bonds is 31. The summed E-state index contributed by atoms with van der Waals surface area (Å²) in [5, 5.41) is 9.56. The van der Waals surface area contributed by atoms with E-state index in [9.17, 15) is 89.1 Å². The second-order valence-electron chi connectivity index (χ2n) is 41.5. The van der Waals surface area contributed by atoms with Crippen molar-refractivity contribution in [1.82, 2.24) is 0 Å². The number of aliphatic hydroxyl groups is 1.